The molecule has 0 amide bonds. The van der Waals surface area contributed by atoms with E-state index in [1.54, 1.807) is 0 Å². The van der Waals surface area contributed by atoms with Gasteiger partial charge in [0.05, 0.1) is 33.0 Å². The van der Waals surface area contributed by atoms with E-state index in [-0.39, 0.29) is 12.9 Å². The minimum atomic E-state index is -0.0892. The van der Waals surface area contributed by atoms with Crippen molar-refractivity contribution < 1.29 is 19.3 Å². The van der Waals surface area contributed by atoms with Crippen LogP contribution in [0.2, 0.25) is 0 Å². The molecular weight excluding hydrogens is 148 g/mol. The summed E-state index contributed by atoms with van der Waals surface area (Å²) >= 11 is 0. The minimum Gasteiger partial charge on any atom is -0.394 e. The summed E-state index contributed by atoms with van der Waals surface area (Å²) in [6.45, 7) is 2.43. The number of hydrogen-bond donors (Lipinski definition) is 1. The van der Waals surface area contributed by atoms with Crippen LogP contribution in [-0.2, 0) is 14.2 Å². The average Bonchev–Trinajstić information content (AvgIpc) is 2.50. The first-order chi connectivity index (χ1) is 5.43. The third kappa shape index (κ3) is 3.67. The summed E-state index contributed by atoms with van der Waals surface area (Å²) in [4.78, 5) is 0. The standard InChI is InChI=1S/C7H14O4/c8-2-4-9-3-1-7-10-5-6-11-7/h7-8H,1-6H2. The van der Waals surface area contributed by atoms with Crippen molar-refractivity contribution >= 4 is 0 Å². The molecule has 0 aromatic heterocycles. The molecule has 11 heavy (non-hydrogen) atoms. The Kier molecular flexibility index (Phi) is 4.45. The zero-order chi connectivity index (χ0) is 7.94. The maximum Gasteiger partial charge on any atom is 0.160 e. The predicted octanol–water partition coefficient (Wildman–Crippen LogP) is -0.242. The SMILES string of the molecule is OCCOCCC1OCCO1. The molecule has 0 radical (unpaired) electrons. The molecule has 1 fully saturated rings. The molecule has 0 unspecified atom stereocenters. The number of aliphatic hydroxyl groups excluding tert-OH is 1. The van der Waals surface area contributed by atoms with Crippen molar-refractivity contribution in [2.75, 3.05) is 33.0 Å². The van der Waals surface area contributed by atoms with E-state index in [0.717, 1.165) is 6.42 Å². The monoisotopic (exact) mass is 162 g/mol. The van der Waals surface area contributed by atoms with Crippen molar-refractivity contribution in [1.82, 2.24) is 0 Å². The number of rotatable bonds is 5. The summed E-state index contributed by atoms with van der Waals surface area (Å²) in [6.07, 6.45) is 0.661. The Morgan fingerprint density at radius 2 is 2.00 bits per heavy atom. The molecule has 0 spiro atoms. The van der Waals surface area contributed by atoms with Gasteiger partial charge in [-0.2, -0.15) is 0 Å². The Morgan fingerprint density at radius 3 is 2.64 bits per heavy atom. The fourth-order valence-electron chi connectivity index (χ4n) is 0.920. The van der Waals surface area contributed by atoms with Crippen LogP contribution in [0, 0.1) is 0 Å². The van der Waals surface area contributed by atoms with Crippen LogP contribution < -0.4 is 0 Å². The lowest BCUT2D eigenvalue weighted by molar-refractivity contribution is -0.0633. The van der Waals surface area contributed by atoms with Gasteiger partial charge in [-0.3, -0.25) is 0 Å². The molecule has 0 aromatic rings. The van der Waals surface area contributed by atoms with Crippen LogP contribution >= 0.6 is 0 Å². The molecule has 1 rings (SSSR count). The third-order valence-electron chi connectivity index (χ3n) is 1.42. The van der Waals surface area contributed by atoms with Gasteiger partial charge in [-0.15, -0.1) is 0 Å². The molecule has 1 aliphatic rings. The van der Waals surface area contributed by atoms with Gasteiger partial charge in [0.15, 0.2) is 6.29 Å². The molecule has 1 N–H and O–H groups in total. The normalized spacial score (nSPS) is 19.4. The molecule has 0 aliphatic carbocycles. The van der Waals surface area contributed by atoms with Gasteiger partial charge in [0, 0.05) is 6.42 Å². The van der Waals surface area contributed by atoms with Gasteiger partial charge in [0.2, 0.25) is 0 Å². The van der Waals surface area contributed by atoms with E-state index < -0.39 is 0 Å². The van der Waals surface area contributed by atoms with Gasteiger partial charge in [-0.25, -0.2) is 0 Å². The van der Waals surface area contributed by atoms with Crippen molar-refractivity contribution in [3.8, 4) is 0 Å². The fraction of sp³-hybridized carbons (Fsp3) is 1.00. The van der Waals surface area contributed by atoms with E-state index in [2.05, 4.69) is 0 Å². The van der Waals surface area contributed by atoms with E-state index in [9.17, 15) is 0 Å². The van der Waals surface area contributed by atoms with Crippen LogP contribution in [0.4, 0.5) is 0 Å². The molecule has 1 heterocycles. The highest BCUT2D eigenvalue weighted by molar-refractivity contribution is 4.50. The molecular formula is C7H14O4. The van der Waals surface area contributed by atoms with Crippen molar-refractivity contribution in [3.05, 3.63) is 0 Å². The van der Waals surface area contributed by atoms with E-state index >= 15 is 0 Å². The second-order valence-electron chi connectivity index (χ2n) is 2.30. The Balaban J connectivity index is 1.86. The molecule has 0 bridgehead atoms. The summed E-state index contributed by atoms with van der Waals surface area (Å²) in [6, 6.07) is 0. The highest BCUT2D eigenvalue weighted by Gasteiger charge is 2.14. The lowest BCUT2D eigenvalue weighted by atomic mass is 10.4. The Labute approximate surface area is 66.1 Å². The van der Waals surface area contributed by atoms with Crippen LogP contribution in [0.25, 0.3) is 0 Å². The lowest BCUT2D eigenvalue weighted by Gasteiger charge is -2.07. The molecule has 1 aliphatic heterocycles. The number of hydrogen-bond acceptors (Lipinski definition) is 4. The number of aliphatic hydroxyl groups is 1. The minimum absolute atomic E-state index is 0.0758. The average molecular weight is 162 g/mol. The van der Waals surface area contributed by atoms with Gasteiger partial charge >= 0.3 is 0 Å². The van der Waals surface area contributed by atoms with Gasteiger partial charge in [-0.1, -0.05) is 0 Å². The Morgan fingerprint density at radius 1 is 1.27 bits per heavy atom. The first-order valence-corrected chi connectivity index (χ1v) is 3.85. The fourth-order valence-corrected chi connectivity index (χ4v) is 0.920. The lowest BCUT2D eigenvalue weighted by Crippen LogP contribution is -2.12. The molecule has 0 atom stereocenters. The third-order valence-corrected chi connectivity index (χ3v) is 1.42. The molecule has 66 valence electrons. The topological polar surface area (TPSA) is 47.9 Å². The quantitative estimate of drug-likeness (QED) is 0.567. The summed E-state index contributed by atoms with van der Waals surface area (Å²) in [5, 5.41) is 8.37. The van der Waals surface area contributed by atoms with Gasteiger partial charge < -0.3 is 19.3 Å². The first kappa shape index (κ1) is 8.93. The van der Waals surface area contributed by atoms with Crippen molar-refractivity contribution in [3.63, 3.8) is 0 Å². The second-order valence-corrected chi connectivity index (χ2v) is 2.30. The van der Waals surface area contributed by atoms with Crippen LogP contribution in [0.15, 0.2) is 0 Å². The van der Waals surface area contributed by atoms with Gasteiger partial charge in [0.25, 0.3) is 0 Å². The zero-order valence-electron chi connectivity index (χ0n) is 6.49. The van der Waals surface area contributed by atoms with E-state index in [4.69, 9.17) is 19.3 Å². The summed E-state index contributed by atoms with van der Waals surface area (Å²) in [5.41, 5.74) is 0. The Bertz CT molecular complexity index is 90.4. The van der Waals surface area contributed by atoms with Crippen molar-refractivity contribution in [2.45, 2.75) is 12.7 Å². The van der Waals surface area contributed by atoms with Gasteiger partial charge in [0.1, 0.15) is 0 Å². The molecule has 4 nitrogen and oxygen atoms in total. The highest BCUT2D eigenvalue weighted by atomic mass is 16.7. The molecule has 0 saturated carbocycles. The largest absolute Gasteiger partial charge is 0.394 e. The Hall–Kier alpha value is -0.160. The summed E-state index contributed by atoms with van der Waals surface area (Å²) < 4.78 is 15.4. The van der Waals surface area contributed by atoms with Crippen LogP contribution in [0.3, 0.4) is 0 Å². The van der Waals surface area contributed by atoms with Crippen molar-refractivity contribution in [2.24, 2.45) is 0 Å². The van der Waals surface area contributed by atoms with Gasteiger partial charge in [-0.05, 0) is 0 Å². The van der Waals surface area contributed by atoms with E-state index in [0.29, 0.717) is 26.4 Å². The van der Waals surface area contributed by atoms with Crippen LogP contribution in [0.5, 0.6) is 0 Å². The van der Waals surface area contributed by atoms with E-state index in [1.165, 1.54) is 0 Å². The first-order valence-electron chi connectivity index (χ1n) is 3.85. The maximum atomic E-state index is 8.37. The molecule has 1 saturated heterocycles. The van der Waals surface area contributed by atoms with Crippen LogP contribution in [-0.4, -0.2) is 44.4 Å². The predicted molar refractivity (Wildman–Crippen MR) is 38.2 cm³/mol. The second kappa shape index (κ2) is 5.49. The number of ether oxygens (including phenoxy) is 3. The summed E-state index contributed by atoms with van der Waals surface area (Å²) in [5.74, 6) is 0. The highest BCUT2D eigenvalue weighted by Crippen LogP contribution is 2.07. The zero-order valence-corrected chi connectivity index (χ0v) is 6.49. The molecule has 4 heteroatoms. The smallest absolute Gasteiger partial charge is 0.160 e. The maximum absolute atomic E-state index is 8.37. The van der Waals surface area contributed by atoms with Crippen LogP contribution in [0.1, 0.15) is 6.42 Å². The molecule has 0 aromatic carbocycles. The van der Waals surface area contributed by atoms with E-state index in [1.807, 2.05) is 0 Å². The summed E-state index contributed by atoms with van der Waals surface area (Å²) in [7, 11) is 0. The van der Waals surface area contributed by atoms with Crippen molar-refractivity contribution in [1.29, 1.82) is 0 Å².